The second-order valence-corrected chi connectivity index (χ2v) is 7.60. The molecule has 1 aliphatic heterocycles. The van der Waals surface area contributed by atoms with Crippen molar-refractivity contribution in [2.24, 2.45) is 5.41 Å². The molecule has 2 rings (SSSR count). The van der Waals surface area contributed by atoms with E-state index in [1.165, 1.54) is 16.7 Å². The Morgan fingerprint density at radius 2 is 1.67 bits per heavy atom. The smallest absolute Gasteiger partial charge is 0.0723 e. The first-order valence-corrected chi connectivity index (χ1v) is 6.92. The SMILES string of the molecule is CC(C)(C)c1ccc2c(c1)COC(C(C)(C)C)C2. The van der Waals surface area contributed by atoms with E-state index in [1.54, 1.807) is 0 Å². The highest BCUT2D eigenvalue weighted by Gasteiger charge is 2.30. The van der Waals surface area contributed by atoms with Gasteiger partial charge in [0.1, 0.15) is 0 Å². The summed E-state index contributed by atoms with van der Waals surface area (Å²) in [5.41, 5.74) is 4.69. The fourth-order valence-electron chi connectivity index (χ4n) is 2.43. The van der Waals surface area contributed by atoms with Crippen molar-refractivity contribution in [1.82, 2.24) is 0 Å². The van der Waals surface area contributed by atoms with Gasteiger partial charge in [0.2, 0.25) is 0 Å². The maximum absolute atomic E-state index is 6.04. The van der Waals surface area contributed by atoms with Crippen LogP contribution in [-0.4, -0.2) is 6.10 Å². The molecule has 0 aromatic heterocycles. The second kappa shape index (κ2) is 4.38. The van der Waals surface area contributed by atoms with Crippen molar-refractivity contribution in [1.29, 1.82) is 0 Å². The van der Waals surface area contributed by atoms with Crippen LogP contribution in [0.2, 0.25) is 0 Å². The topological polar surface area (TPSA) is 9.23 Å². The minimum atomic E-state index is 0.218. The fourth-order valence-corrected chi connectivity index (χ4v) is 2.43. The van der Waals surface area contributed by atoms with Gasteiger partial charge in [-0.15, -0.1) is 0 Å². The van der Waals surface area contributed by atoms with E-state index < -0.39 is 0 Å². The Balaban J connectivity index is 2.27. The van der Waals surface area contributed by atoms with Gasteiger partial charge in [-0.3, -0.25) is 0 Å². The van der Waals surface area contributed by atoms with E-state index >= 15 is 0 Å². The van der Waals surface area contributed by atoms with E-state index in [1.807, 2.05) is 0 Å². The Hall–Kier alpha value is -0.820. The maximum atomic E-state index is 6.04. The van der Waals surface area contributed by atoms with Crippen molar-refractivity contribution in [3.63, 3.8) is 0 Å². The molecule has 1 aromatic rings. The van der Waals surface area contributed by atoms with Crippen LogP contribution in [0.3, 0.4) is 0 Å². The Morgan fingerprint density at radius 1 is 1.00 bits per heavy atom. The number of ether oxygens (including phenoxy) is 1. The van der Waals surface area contributed by atoms with Gasteiger partial charge in [-0.25, -0.2) is 0 Å². The van der Waals surface area contributed by atoms with Crippen LogP contribution in [0.4, 0.5) is 0 Å². The molecular formula is C17H26O. The summed E-state index contributed by atoms with van der Waals surface area (Å²) in [5.74, 6) is 0. The van der Waals surface area contributed by atoms with Gasteiger partial charge >= 0.3 is 0 Å². The summed E-state index contributed by atoms with van der Waals surface area (Å²) in [7, 11) is 0. The summed E-state index contributed by atoms with van der Waals surface area (Å²) in [6.45, 7) is 14.3. The molecule has 0 saturated heterocycles. The molecule has 0 radical (unpaired) electrons. The van der Waals surface area contributed by atoms with Crippen LogP contribution in [0.5, 0.6) is 0 Å². The van der Waals surface area contributed by atoms with Gasteiger partial charge in [-0.05, 0) is 33.9 Å². The molecule has 1 unspecified atom stereocenters. The van der Waals surface area contributed by atoms with Gasteiger partial charge < -0.3 is 4.74 Å². The van der Waals surface area contributed by atoms with Crippen LogP contribution in [0.25, 0.3) is 0 Å². The molecule has 0 saturated carbocycles. The summed E-state index contributed by atoms with van der Waals surface area (Å²) >= 11 is 0. The number of fused-ring (bicyclic) bond motifs is 1. The quantitative estimate of drug-likeness (QED) is 0.656. The molecule has 1 aromatic carbocycles. The molecule has 0 bridgehead atoms. The third-order valence-corrected chi connectivity index (χ3v) is 3.88. The highest BCUT2D eigenvalue weighted by Crippen LogP contribution is 2.33. The molecule has 0 N–H and O–H groups in total. The number of hydrogen-bond donors (Lipinski definition) is 0. The van der Waals surface area contributed by atoms with Gasteiger partial charge in [0.25, 0.3) is 0 Å². The van der Waals surface area contributed by atoms with E-state index in [9.17, 15) is 0 Å². The van der Waals surface area contributed by atoms with E-state index in [0.717, 1.165) is 13.0 Å². The van der Waals surface area contributed by atoms with Crippen LogP contribution in [0.15, 0.2) is 18.2 Å². The van der Waals surface area contributed by atoms with Crippen molar-refractivity contribution in [3.05, 3.63) is 34.9 Å². The molecule has 0 aliphatic carbocycles. The van der Waals surface area contributed by atoms with Gasteiger partial charge in [0.05, 0.1) is 12.7 Å². The van der Waals surface area contributed by atoms with Crippen LogP contribution < -0.4 is 0 Å². The zero-order chi connectivity index (χ0) is 13.6. The number of rotatable bonds is 0. The average molecular weight is 246 g/mol. The minimum absolute atomic E-state index is 0.218. The van der Waals surface area contributed by atoms with Gasteiger partial charge in [0, 0.05) is 0 Å². The summed E-state index contributed by atoms with van der Waals surface area (Å²) in [6.07, 6.45) is 1.38. The van der Waals surface area contributed by atoms with Crippen molar-refractivity contribution in [2.75, 3.05) is 0 Å². The molecule has 1 atom stereocenters. The Labute approximate surface area is 112 Å². The lowest BCUT2D eigenvalue weighted by Gasteiger charge is -2.35. The Bertz CT molecular complexity index is 432. The lowest BCUT2D eigenvalue weighted by Crippen LogP contribution is -2.34. The standard InChI is InChI=1S/C17H26O/c1-16(2,3)14-8-7-12-10-15(17(4,5)6)18-11-13(12)9-14/h7-9,15H,10-11H2,1-6H3. The van der Waals surface area contributed by atoms with Crippen LogP contribution in [0, 0.1) is 5.41 Å². The van der Waals surface area contributed by atoms with Crippen LogP contribution in [-0.2, 0) is 23.2 Å². The van der Waals surface area contributed by atoms with Crippen molar-refractivity contribution in [2.45, 2.75) is 66.1 Å². The summed E-state index contributed by atoms with van der Waals surface area (Å²) in [5, 5.41) is 0. The van der Waals surface area contributed by atoms with E-state index in [4.69, 9.17) is 4.74 Å². The maximum Gasteiger partial charge on any atom is 0.0723 e. The molecule has 0 spiro atoms. The molecule has 1 nitrogen and oxygen atoms in total. The molecular weight excluding hydrogens is 220 g/mol. The van der Waals surface area contributed by atoms with Crippen molar-refractivity contribution >= 4 is 0 Å². The van der Waals surface area contributed by atoms with Crippen LogP contribution >= 0.6 is 0 Å². The normalized spacial score (nSPS) is 20.7. The van der Waals surface area contributed by atoms with E-state index in [2.05, 4.69) is 59.7 Å². The van der Waals surface area contributed by atoms with Crippen molar-refractivity contribution in [3.8, 4) is 0 Å². The summed E-state index contributed by atoms with van der Waals surface area (Å²) < 4.78 is 6.04. The first-order valence-electron chi connectivity index (χ1n) is 6.92. The van der Waals surface area contributed by atoms with Gasteiger partial charge in [0.15, 0.2) is 0 Å². The molecule has 0 fully saturated rings. The molecule has 100 valence electrons. The third kappa shape index (κ3) is 2.77. The first-order chi connectivity index (χ1) is 8.18. The zero-order valence-corrected chi connectivity index (χ0v) is 12.6. The lowest BCUT2D eigenvalue weighted by atomic mass is 9.80. The van der Waals surface area contributed by atoms with Gasteiger partial charge in [-0.2, -0.15) is 0 Å². The number of hydrogen-bond acceptors (Lipinski definition) is 1. The zero-order valence-electron chi connectivity index (χ0n) is 12.6. The molecule has 1 heterocycles. The molecule has 1 heteroatoms. The van der Waals surface area contributed by atoms with Crippen LogP contribution in [0.1, 0.15) is 58.2 Å². The number of benzene rings is 1. The van der Waals surface area contributed by atoms with E-state index in [-0.39, 0.29) is 10.8 Å². The Morgan fingerprint density at radius 3 is 2.22 bits per heavy atom. The predicted octanol–water partition coefficient (Wildman–Crippen LogP) is 4.47. The highest BCUT2D eigenvalue weighted by molar-refractivity contribution is 5.36. The average Bonchev–Trinajstić information content (AvgIpc) is 2.25. The lowest BCUT2D eigenvalue weighted by molar-refractivity contribution is -0.0375. The minimum Gasteiger partial charge on any atom is -0.373 e. The third-order valence-electron chi connectivity index (χ3n) is 3.88. The second-order valence-electron chi connectivity index (χ2n) is 7.60. The molecule has 0 amide bonds. The van der Waals surface area contributed by atoms with Gasteiger partial charge in [-0.1, -0.05) is 59.7 Å². The summed E-state index contributed by atoms with van der Waals surface area (Å²) in [4.78, 5) is 0. The van der Waals surface area contributed by atoms with E-state index in [0.29, 0.717) is 6.10 Å². The monoisotopic (exact) mass is 246 g/mol. The predicted molar refractivity (Wildman–Crippen MR) is 76.9 cm³/mol. The van der Waals surface area contributed by atoms with Crippen molar-refractivity contribution < 1.29 is 4.74 Å². The highest BCUT2D eigenvalue weighted by atomic mass is 16.5. The first kappa shape index (κ1) is 13.6. The largest absolute Gasteiger partial charge is 0.373 e. The summed E-state index contributed by atoms with van der Waals surface area (Å²) in [6, 6.07) is 6.91. The fraction of sp³-hybridized carbons (Fsp3) is 0.647. The molecule has 1 aliphatic rings. The Kier molecular flexibility index (Phi) is 3.31. The molecule has 18 heavy (non-hydrogen) atoms.